The fourth-order valence-corrected chi connectivity index (χ4v) is 3.52. The maximum absolute atomic E-state index is 9.62. The van der Waals surface area contributed by atoms with Gasteiger partial charge >= 0.3 is 0 Å². The summed E-state index contributed by atoms with van der Waals surface area (Å²) in [5.41, 5.74) is 11.7. The molecule has 0 bridgehead atoms. The molecule has 3 rings (SSSR count). The van der Waals surface area contributed by atoms with E-state index in [2.05, 4.69) is 30.1 Å². The average molecular weight is 382 g/mol. The quantitative estimate of drug-likeness (QED) is 0.600. The van der Waals surface area contributed by atoms with Crippen molar-refractivity contribution in [2.45, 2.75) is 20.3 Å². The molecule has 0 fully saturated rings. The predicted octanol–water partition coefficient (Wildman–Crippen LogP) is 6.05. The molecule has 5 heteroatoms. The fraction of sp³-hybridized carbons (Fsp3) is 0.143. The first kappa shape index (κ1) is 18.3. The molecule has 0 unspecified atom stereocenters. The highest BCUT2D eigenvalue weighted by Gasteiger charge is 2.19. The molecule has 0 saturated heterocycles. The van der Waals surface area contributed by atoms with E-state index in [0.717, 1.165) is 28.7 Å². The molecular weight excluding hydrogens is 365 g/mol. The molecule has 0 atom stereocenters. The fourth-order valence-electron chi connectivity index (χ4n) is 3.02. The van der Waals surface area contributed by atoms with Gasteiger partial charge in [-0.1, -0.05) is 54.4 Å². The molecule has 2 aromatic carbocycles. The number of pyridine rings is 1. The molecule has 0 radical (unpaired) electrons. The first-order chi connectivity index (χ1) is 12.5. The van der Waals surface area contributed by atoms with Gasteiger partial charge in [-0.15, -0.1) is 0 Å². The van der Waals surface area contributed by atoms with Crippen LogP contribution in [0.5, 0.6) is 0 Å². The molecule has 1 heterocycles. The van der Waals surface area contributed by atoms with E-state index >= 15 is 0 Å². The molecule has 0 amide bonds. The zero-order valence-corrected chi connectivity index (χ0v) is 16.0. The maximum atomic E-state index is 9.62. The summed E-state index contributed by atoms with van der Waals surface area (Å²) in [6, 6.07) is 15.6. The van der Waals surface area contributed by atoms with E-state index in [4.69, 9.17) is 28.9 Å². The highest BCUT2D eigenvalue weighted by Crippen LogP contribution is 2.38. The third kappa shape index (κ3) is 3.26. The number of nitriles is 1. The summed E-state index contributed by atoms with van der Waals surface area (Å²) in [6.45, 7) is 4.03. The number of nitrogens with zero attached hydrogens (tertiary/aromatic N) is 2. The number of nitrogens with two attached hydrogens (primary N) is 1. The van der Waals surface area contributed by atoms with Crippen molar-refractivity contribution in [2.75, 3.05) is 5.73 Å². The van der Waals surface area contributed by atoms with Gasteiger partial charge in [-0.25, -0.2) is 4.98 Å². The van der Waals surface area contributed by atoms with Crippen LogP contribution in [-0.4, -0.2) is 4.98 Å². The highest BCUT2D eigenvalue weighted by atomic mass is 35.5. The number of halogens is 2. The zero-order valence-electron chi connectivity index (χ0n) is 14.5. The van der Waals surface area contributed by atoms with E-state index in [-0.39, 0.29) is 5.82 Å². The molecule has 3 aromatic rings. The summed E-state index contributed by atoms with van der Waals surface area (Å²) >= 11 is 12.4. The summed E-state index contributed by atoms with van der Waals surface area (Å²) in [5, 5.41) is 10.7. The maximum Gasteiger partial charge on any atom is 0.142 e. The van der Waals surface area contributed by atoms with Crippen molar-refractivity contribution in [3.05, 3.63) is 69.2 Å². The molecule has 0 saturated carbocycles. The first-order valence-corrected chi connectivity index (χ1v) is 8.96. The SMILES string of the molecule is CCc1ccc(-c2c(C)c(-c3ccc(Cl)cc3Cl)nc(N)c2C#N)cc1. The lowest BCUT2D eigenvalue weighted by Crippen LogP contribution is -2.03. The van der Waals surface area contributed by atoms with Gasteiger partial charge in [-0.3, -0.25) is 0 Å². The molecule has 130 valence electrons. The van der Waals surface area contributed by atoms with Crippen LogP contribution in [0.25, 0.3) is 22.4 Å². The Bertz CT molecular complexity index is 1020. The van der Waals surface area contributed by atoms with Crippen LogP contribution >= 0.6 is 23.2 Å². The van der Waals surface area contributed by atoms with Crippen LogP contribution in [0.15, 0.2) is 42.5 Å². The van der Waals surface area contributed by atoms with Gasteiger partial charge in [0, 0.05) is 16.1 Å². The van der Waals surface area contributed by atoms with E-state index < -0.39 is 0 Å². The van der Waals surface area contributed by atoms with Gasteiger partial charge in [0.05, 0.1) is 10.7 Å². The van der Waals surface area contributed by atoms with Crippen molar-refractivity contribution in [2.24, 2.45) is 0 Å². The van der Waals surface area contributed by atoms with Gasteiger partial charge in [-0.2, -0.15) is 5.26 Å². The zero-order chi connectivity index (χ0) is 18.8. The lowest BCUT2D eigenvalue weighted by molar-refractivity contribution is 1.14. The van der Waals surface area contributed by atoms with Gasteiger partial charge in [-0.05, 0) is 48.2 Å². The van der Waals surface area contributed by atoms with Crippen molar-refractivity contribution in [1.82, 2.24) is 4.98 Å². The number of aromatic nitrogens is 1. The Morgan fingerprint density at radius 3 is 2.38 bits per heavy atom. The molecule has 1 aromatic heterocycles. The summed E-state index contributed by atoms with van der Waals surface area (Å²) < 4.78 is 0. The summed E-state index contributed by atoms with van der Waals surface area (Å²) in [5.74, 6) is 0.189. The standard InChI is InChI=1S/C21H17Cl2N3/c1-3-13-4-6-14(7-5-13)19-12(2)20(26-21(25)17(19)11-24)16-9-8-15(22)10-18(16)23/h4-10H,3H2,1-2H3,(H2,25,26). The monoisotopic (exact) mass is 381 g/mol. The number of benzene rings is 2. The van der Waals surface area contributed by atoms with Crippen molar-refractivity contribution in [3.63, 3.8) is 0 Å². The Kier molecular flexibility index (Phi) is 5.18. The molecule has 0 aliphatic heterocycles. The first-order valence-electron chi connectivity index (χ1n) is 8.21. The van der Waals surface area contributed by atoms with Crippen LogP contribution in [0.4, 0.5) is 5.82 Å². The van der Waals surface area contributed by atoms with Crippen LogP contribution in [0.1, 0.15) is 23.6 Å². The van der Waals surface area contributed by atoms with Gasteiger partial charge in [0.25, 0.3) is 0 Å². The third-order valence-electron chi connectivity index (χ3n) is 4.42. The third-order valence-corrected chi connectivity index (χ3v) is 4.97. The normalized spacial score (nSPS) is 10.6. The van der Waals surface area contributed by atoms with E-state index in [0.29, 0.717) is 21.3 Å². The molecule has 0 spiro atoms. The number of rotatable bonds is 3. The van der Waals surface area contributed by atoms with Crippen LogP contribution in [0, 0.1) is 18.3 Å². The molecule has 0 aliphatic rings. The average Bonchev–Trinajstić information content (AvgIpc) is 2.63. The second-order valence-electron chi connectivity index (χ2n) is 6.01. The van der Waals surface area contributed by atoms with Crippen molar-refractivity contribution < 1.29 is 0 Å². The second-order valence-corrected chi connectivity index (χ2v) is 6.85. The summed E-state index contributed by atoms with van der Waals surface area (Å²) in [4.78, 5) is 4.45. The van der Waals surface area contributed by atoms with Gasteiger partial charge < -0.3 is 5.73 Å². The Morgan fingerprint density at radius 2 is 1.81 bits per heavy atom. The van der Waals surface area contributed by atoms with Crippen molar-refractivity contribution in [3.8, 4) is 28.5 Å². The predicted molar refractivity (Wildman–Crippen MR) is 108 cm³/mol. The summed E-state index contributed by atoms with van der Waals surface area (Å²) in [6.07, 6.45) is 0.953. The smallest absolute Gasteiger partial charge is 0.142 e. The number of hydrogen-bond acceptors (Lipinski definition) is 3. The Morgan fingerprint density at radius 1 is 1.12 bits per heavy atom. The highest BCUT2D eigenvalue weighted by molar-refractivity contribution is 6.36. The van der Waals surface area contributed by atoms with Gasteiger partial charge in [0.1, 0.15) is 17.5 Å². The Balaban J connectivity index is 2.29. The minimum atomic E-state index is 0.189. The molecular formula is C21H17Cl2N3. The minimum Gasteiger partial charge on any atom is -0.383 e. The minimum absolute atomic E-state index is 0.189. The van der Waals surface area contributed by atoms with Crippen molar-refractivity contribution in [1.29, 1.82) is 5.26 Å². The van der Waals surface area contributed by atoms with Gasteiger partial charge in [0.15, 0.2) is 0 Å². The van der Waals surface area contributed by atoms with Crippen LogP contribution < -0.4 is 5.73 Å². The number of aryl methyl sites for hydroxylation is 1. The number of hydrogen-bond donors (Lipinski definition) is 1. The van der Waals surface area contributed by atoms with Crippen LogP contribution in [-0.2, 0) is 6.42 Å². The number of anilines is 1. The molecule has 26 heavy (non-hydrogen) atoms. The Hall–Kier alpha value is -2.54. The lowest BCUT2D eigenvalue weighted by Gasteiger charge is -2.16. The van der Waals surface area contributed by atoms with E-state index in [9.17, 15) is 5.26 Å². The van der Waals surface area contributed by atoms with Crippen molar-refractivity contribution >= 4 is 29.0 Å². The molecule has 2 N–H and O–H groups in total. The Labute approximate surface area is 163 Å². The summed E-state index contributed by atoms with van der Waals surface area (Å²) in [7, 11) is 0. The lowest BCUT2D eigenvalue weighted by atomic mass is 9.92. The molecule has 0 aliphatic carbocycles. The number of nitrogen functional groups attached to an aromatic ring is 1. The van der Waals surface area contributed by atoms with E-state index in [1.165, 1.54) is 5.56 Å². The van der Waals surface area contributed by atoms with Crippen LogP contribution in [0.3, 0.4) is 0 Å². The van der Waals surface area contributed by atoms with Crippen LogP contribution in [0.2, 0.25) is 10.0 Å². The van der Waals surface area contributed by atoms with E-state index in [1.54, 1.807) is 12.1 Å². The largest absolute Gasteiger partial charge is 0.383 e. The molecule has 3 nitrogen and oxygen atoms in total. The second kappa shape index (κ2) is 7.37. The van der Waals surface area contributed by atoms with E-state index in [1.807, 2.05) is 25.1 Å². The van der Waals surface area contributed by atoms with Gasteiger partial charge in [0.2, 0.25) is 0 Å². The topological polar surface area (TPSA) is 62.7 Å².